The molecule has 1 heterocycles. The van der Waals surface area contributed by atoms with E-state index in [0.29, 0.717) is 6.61 Å². The first-order chi connectivity index (χ1) is 9.95. The van der Waals surface area contributed by atoms with Gasteiger partial charge in [0.25, 0.3) is 0 Å². The second-order valence-electron chi connectivity index (χ2n) is 5.07. The molecule has 1 aromatic heterocycles. The van der Waals surface area contributed by atoms with Crippen LogP contribution in [0.5, 0.6) is 0 Å². The summed E-state index contributed by atoms with van der Waals surface area (Å²) in [7, 11) is 1.57. The summed E-state index contributed by atoms with van der Waals surface area (Å²) in [5, 5.41) is 11.4. The van der Waals surface area contributed by atoms with Crippen LogP contribution in [-0.2, 0) is 4.74 Å². The Kier molecular flexibility index (Phi) is 4.46. The number of rotatable bonds is 5. The Bertz CT molecular complexity index is 629. The molecule has 0 amide bonds. The van der Waals surface area contributed by atoms with E-state index in [1.807, 2.05) is 13.8 Å². The van der Waals surface area contributed by atoms with Gasteiger partial charge in [0.15, 0.2) is 17.5 Å². The molecule has 1 atom stereocenters. The lowest BCUT2D eigenvalue weighted by molar-refractivity contribution is 0.126. The standard InChI is InChI=1S/C13H17F2N5O/c1-7(2)12(6-21-3)20-13(17-18-19-20)8-4-9(14)10(15)5-11(8)16/h4-5,7,12H,6,16H2,1-3H3. The van der Waals surface area contributed by atoms with E-state index in [2.05, 4.69) is 15.5 Å². The summed E-state index contributed by atoms with van der Waals surface area (Å²) in [4.78, 5) is 0. The van der Waals surface area contributed by atoms with Crippen molar-refractivity contribution < 1.29 is 13.5 Å². The quantitative estimate of drug-likeness (QED) is 0.854. The highest BCUT2D eigenvalue weighted by atomic mass is 19.2. The number of aromatic nitrogens is 4. The lowest BCUT2D eigenvalue weighted by Gasteiger charge is -2.21. The fourth-order valence-corrected chi connectivity index (χ4v) is 2.07. The Balaban J connectivity index is 2.52. The van der Waals surface area contributed by atoms with Crippen LogP contribution in [0.2, 0.25) is 0 Å². The summed E-state index contributed by atoms with van der Waals surface area (Å²) >= 11 is 0. The Morgan fingerprint density at radius 3 is 2.57 bits per heavy atom. The monoisotopic (exact) mass is 297 g/mol. The Labute approximate surface area is 120 Å². The van der Waals surface area contributed by atoms with E-state index in [-0.39, 0.29) is 29.0 Å². The van der Waals surface area contributed by atoms with Crippen LogP contribution < -0.4 is 5.73 Å². The summed E-state index contributed by atoms with van der Waals surface area (Å²) in [5.74, 6) is -1.55. The summed E-state index contributed by atoms with van der Waals surface area (Å²) < 4.78 is 33.3. The minimum absolute atomic E-state index is 0.0740. The highest BCUT2D eigenvalue weighted by Crippen LogP contribution is 2.29. The molecule has 2 rings (SSSR count). The van der Waals surface area contributed by atoms with Crippen molar-refractivity contribution in [3.8, 4) is 11.4 Å². The van der Waals surface area contributed by atoms with Gasteiger partial charge in [-0.05, 0) is 22.4 Å². The van der Waals surface area contributed by atoms with Crippen LogP contribution in [0.25, 0.3) is 11.4 Å². The molecular weight excluding hydrogens is 280 g/mol. The third-order valence-corrected chi connectivity index (χ3v) is 3.25. The topological polar surface area (TPSA) is 78.8 Å². The van der Waals surface area contributed by atoms with Gasteiger partial charge in [0, 0.05) is 24.4 Å². The van der Waals surface area contributed by atoms with Gasteiger partial charge in [-0.25, -0.2) is 13.5 Å². The maximum atomic E-state index is 13.5. The average molecular weight is 297 g/mol. The maximum Gasteiger partial charge on any atom is 0.184 e. The first kappa shape index (κ1) is 15.3. The minimum atomic E-state index is -1.01. The number of methoxy groups -OCH3 is 1. The Hall–Kier alpha value is -2.09. The molecule has 0 spiro atoms. The predicted molar refractivity (Wildman–Crippen MR) is 73.3 cm³/mol. The molecule has 2 aromatic rings. The Morgan fingerprint density at radius 1 is 1.29 bits per heavy atom. The molecule has 6 nitrogen and oxygen atoms in total. The Morgan fingerprint density at radius 2 is 1.95 bits per heavy atom. The molecule has 21 heavy (non-hydrogen) atoms. The number of benzene rings is 1. The van der Waals surface area contributed by atoms with Crippen molar-refractivity contribution in [2.75, 3.05) is 19.5 Å². The molecule has 1 unspecified atom stereocenters. The normalized spacial score (nSPS) is 12.9. The van der Waals surface area contributed by atoms with E-state index >= 15 is 0 Å². The van der Waals surface area contributed by atoms with Crippen molar-refractivity contribution in [2.45, 2.75) is 19.9 Å². The van der Waals surface area contributed by atoms with Gasteiger partial charge in [0.1, 0.15) is 0 Å². The highest BCUT2D eigenvalue weighted by Gasteiger charge is 2.23. The van der Waals surface area contributed by atoms with E-state index in [0.717, 1.165) is 12.1 Å². The largest absolute Gasteiger partial charge is 0.398 e. The SMILES string of the molecule is COCC(C(C)C)n1nnnc1-c1cc(F)c(F)cc1N. The molecule has 0 fully saturated rings. The number of tetrazole rings is 1. The fourth-order valence-electron chi connectivity index (χ4n) is 2.07. The van der Waals surface area contributed by atoms with Gasteiger partial charge in [-0.3, -0.25) is 0 Å². The van der Waals surface area contributed by atoms with Gasteiger partial charge in [-0.1, -0.05) is 13.8 Å². The zero-order valence-corrected chi connectivity index (χ0v) is 12.0. The molecule has 114 valence electrons. The van der Waals surface area contributed by atoms with Crippen molar-refractivity contribution in [1.29, 1.82) is 0 Å². The van der Waals surface area contributed by atoms with E-state index in [1.54, 1.807) is 7.11 Å². The second-order valence-corrected chi connectivity index (χ2v) is 5.07. The van der Waals surface area contributed by atoms with E-state index in [4.69, 9.17) is 10.5 Å². The molecule has 0 aliphatic carbocycles. The van der Waals surface area contributed by atoms with Crippen LogP contribution in [0, 0.1) is 17.6 Å². The molecule has 8 heteroatoms. The number of ether oxygens (including phenoxy) is 1. The van der Waals surface area contributed by atoms with Gasteiger partial charge in [0.2, 0.25) is 0 Å². The lowest BCUT2D eigenvalue weighted by Crippen LogP contribution is -2.22. The number of hydrogen-bond donors (Lipinski definition) is 1. The molecule has 0 aliphatic heterocycles. The summed E-state index contributed by atoms with van der Waals surface area (Å²) in [6.07, 6.45) is 0. The van der Waals surface area contributed by atoms with Crippen molar-refractivity contribution >= 4 is 5.69 Å². The molecule has 0 radical (unpaired) electrons. The molecule has 0 saturated carbocycles. The van der Waals surface area contributed by atoms with Gasteiger partial charge in [-0.2, -0.15) is 0 Å². The molecule has 0 aliphatic rings. The third kappa shape index (κ3) is 2.99. The number of hydrogen-bond acceptors (Lipinski definition) is 5. The van der Waals surface area contributed by atoms with Crippen LogP contribution in [-0.4, -0.2) is 33.9 Å². The maximum absolute atomic E-state index is 13.5. The first-order valence-electron chi connectivity index (χ1n) is 6.47. The summed E-state index contributed by atoms with van der Waals surface area (Å²) in [6, 6.07) is 1.77. The zero-order chi connectivity index (χ0) is 15.6. The van der Waals surface area contributed by atoms with Crippen LogP contribution in [0.3, 0.4) is 0 Å². The van der Waals surface area contributed by atoms with Crippen molar-refractivity contribution in [1.82, 2.24) is 20.2 Å². The highest BCUT2D eigenvalue weighted by molar-refractivity contribution is 5.71. The molecule has 0 bridgehead atoms. The smallest absolute Gasteiger partial charge is 0.184 e. The average Bonchev–Trinajstić information content (AvgIpc) is 2.88. The molecule has 2 N–H and O–H groups in total. The van der Waals surface area contributed by atoms with Gasteiger partial charge in [0.05, 0.1) is 12.6 Å². The van der Waals surface area contributed by atoms with Gasteiger partial charge in [-0.15, -0.1) is 5.10 Å². The van der Waals surface area contributed by atoms with E-state index < -0.39 is 11.6 Å². The van der Waals surface area contributed by atoms with Crippen LogP contribution in [0.15, 0.2) is 12.1 Å². The lowest BCUT2D eigenvalue weighted by atomic mass is 10.0. The number of nitrogens with zero attached hydrogens (tertiary/aromatic N) is 4. The molecule has 1 aromatic carbocycles. The van der Waals surface area contributed by atoms with Crippen molar-refractivity contribution in [3.05, 3.63) is 23.8 Å². The number of halogens is 2. The minimum Gasteiger partial charge on any atom is -0.398 e. The van der Waals surface area contributed by atoms with Crippen molar-refractivity contribution in [3.63, 3.8) is 0 Å². The number of nitrogen functional groups attached to an aromatic ring is 1. The fraction of sp³-hybridized carbons (Fsp3) is 0.462. The summed E-state index contributed by atoms with van der Waals surface area (Å²) in [6.45, 7) is 4.37. The van der Waals surface area contributed by atoms with E-state index in [9.17, 15) is 8.78 Å². The van der Waals surface area contributed by atoms with Crippen molar-refractivity contribution in [2.24, 2.45) is 5.92 Å². The first-order valence-corrected chi connectivity index (χ1v) is 6.47. The van der Waals surface area contributed by atoms with Gasteiger partial charge >= 0.3 is 0 Å². The van der Waals surface area contributed by atoms with Gasteiger partial charge < -0.3 is 10.5 Å². The molecular formula is C13H17F2N5O. The number of anilines is 1. The van der Waals surface area contributed by atoms with E-state index in [1.165, 1.54) is 4.68 Å². The predicted octanol–water partition coefficient (Wildman–Crippen LogP) is 2.04. The third-order valence-electron chi connectivity index (χ3n) is 3.25. The molecule has 0 saturated heterocycles. The zero-order valence-electron chi connectivity index (χ0n) is 12.0. The second kappa shape index (κ2) is 6.13. The van der Waals surface area contributed by atoms with Crippen LogP contribution in [0.4, 0.5) is 14.5 Å². The van der Waals surface area contributed by atoms with Crippen LogP contribution in [0.1, 0.15) is 19.9 Å². The number of nitrogens with two attached hydrogens (primary N) is 1. The summed E-state index contributed by atoms with van der Waals surface area (Å²) in [5.41, 5.74) is 6.08. The van der Waals surface area contributed by atoms with Crippen LogP contribution >= 0.6 is 0 Å².